The van der Waals surface area contributed by atoms with Crippen LogP contribution in [0.1, 0.15) is 51.3 Å². The third-order valence-electron chi connectivity index (χ3n) is 7.70. The molecule has 3 rings (SSSR count). The van der Waals surface area contributed by atoms with Crippen LogP contribution in [0.25, 0.3) is 10.8 Å². The minimum atomic E-state index is -2.08. The summed E-state index contributed by atoms with van der Waals surface area (Å²) >= 11 is 0. The molecule has 3 N–H and O–H groups in total. The second-order valence-electron chi connectivity index (χ2n) is 11.6. The molecule has 3 aromatic carbocycles. The number of fused-ring (bicyclic) bond motifs is 1. The highest BCUT2D eigenvalue weighted by molar-refractivity contribution is 6.74. The van der Waals surface area contributed by atoms with Gasteiger partial charge in [0, 0.05) is 23.5 Å². The lowest BCUT2D eigenvalue weighted by atomic mass is 9.93. The first-order valence-corrected chi connectivity index (χ1v) is 16.3. The van der Waals surface area contributed by atoms with Crippen LogP contribution in [0.15, 0.2) is 54.6 Å². The van der Waals surface area contributed by atoms with Gasteiger partial charge in [0.1, 0.15) is 29.5 Å². The third-order valence-corrected chi connectivity index (χ3v) is 12.3. The Balaban J connectivity index is 1.98. The number of methoxy groups -OCH3 is 2. The lowest BCUT2D eigenvalue weighted by molar-refractivity contribution is -0.117. The van der Waals surface area contributed by atoms with E-state index >= 15 is 0 Å². The van der Waals surface area contributed by atoms with E-state index in [1.54, 1.807) is 18.2 Å². The van der Waals surface area contributed by atoms with Gasteiger partial charge in [-0.2, -0.15) is 0 Å². The Morgan fingerprint density at radius 2 is 1.54 bits per heavy atom. The fourth-order valence-electron chi connectivity index (χ4n) is 4.54. The molecule has 0 aliphatic heterocycles. The van der Waals surface area contributed by atoms with Gasteiger partial charge < -0.3 is 34.0 Å². The number of phenolic OH excluding ortho intramolecular Hbond substituents is 1. The molecule has 8 heteroatoms. The minimum absolute atomic E-state index is 0.0153. The lowest BCUT2D eigenvalue weighted by Crippen LogP contribution is -2.45. The van der Waals surface area contributed by atoms with E-state index in [9.17, 15) is 15.3 Å². The molecule has 0 heterocycles. The maximum absolute atomic E-state index is 11.7. The maximum atomic E-state index is 11.7. The molecule has 1 unspecified atom stereocenters. The van der Waals surface area contributed by atoms with Crippen LogP contribution in [0, 0.1) is 0 Å². The molecule has 0 spiro atoms. The fraction of sp³-hybridized carbons (Fsp3) is 0.484. The van der Waals surface area contributed by atoms with Crippen molar-refractivity contribution < 1.29 is 34.0 Å². The first kappa shape index (κ1) is 30.9. The van der Waals surface area contributed by atoms with Crippen LogP contribution in [0.4, 0.5) is 0 Å². The van der Waals surface area contributed by atoms with Gasteiger partial charge in [0.25, 0.3) is 0 Å². The predicted molar refractivity (Wildman–Crippen MR) is 157 cm³/mol. The summed E-state index contributed by atoms with van der Waals surface area (Å²) in [5.74, 6) is 0.750. The molecule has 0 saturated carbocycles. The number of aromatic hydroxyl groups is 1. The molecular weight excluding hydrogens is 512 g/mol. The molecule has 0 amide bonds. The van der Waals surface area contributed by atoms with Gasteiger partial charge in [-0.1, -0.05) is 63.2 Å². The topological polar surface area (TPSA) is 97.6 Å². The van der Waals surface area contributed by atoms with Gasteiger partial charge in [0.15, 0.2) is 8.32 Å². The van der Waals surface area contributed by atoms with Crippen molar-refractivity contribution in [2.75, 3.05) is 14.2 Å². The van der Waals surface area contributed by atoms with Gasteiger partial charge >= 0.3 is 0 Å². The van der Waals surface area contributed by atoms with Crippen molar-refractivity contribution in [3.63, 3.8) is 0 Å². The predicted octanol–water partition coefficient (Wildman–Crippen LogP) is 6.34. The summed E-state index contributed by atoms with van der Waals surface area (Å²) in [4.78, 5) is 0. The van der Waals surface area contributed by atoms with Crippen molar-refractivity contribution in [3.8, 4) is 17.2 Å². The number of hydrogen-bond donors (Lipinski definition) is 3. The SMILES string of the molecule is COc1cc(C(O)[C@H](OCc2ccccc2)[C@H](O)C[C@@H](C)O[Si](C)(C)C(C)(C)C)c(O)c2c(OC)cccc12. The van der Waals surface area contributed by atoms with Crippen molar-refractivity contribution in [3.05, 3.63) is 65.7 Å². The average molecular weight is 557 g/mol. The molecule has 7 nitrogen and oxygen atoms in total. The van der Waals surface area contributed by atoms with E-state index in [1.165, 1.54) is 14.2 Å². The number of phenols is 1. The standard InChI is InChI=1S/C31H44O7Si/c1-20(38-39(7,8)31(2,3)4)17-24(32)30(37-19-21-13-10-9-11-14-21)29(34)23-18-26(36-6)22-15-12-16-25(35-5)27(22)28(23)33/h9-16,18,20,24,29-30,32-34H,17,19H2,1-8H3/t20-,24-,29?,30-/m1/s1. The summed E-state index contributed by atoms with van der Waals surface area (Å²) in [5, 5.41) is 35.5. The lowest BCUT2D eigenvalue weighted by Gasteiger charge is -2.39. The average Bonchev–Trinajstić information content (AvgIpc) is 2.88. The molecule has 0 aliphatic carbocycles. The summed E-state index contributed by atoms with van der Waals surface area (Å²) < 4.78 is 23.7. The number of hydrogen-bond acceptors (Lipinski definition) is 7. The Labute approximate surface area is 233 Å². The Bertz CT molecular complexity index is 1220. The normalized spacial score (nSPS) is 15.5. The quantitative estimate of drug-likeness (QED) is 0.224. The molecule has 0 radical (unpaired) electrons. The monoisotopic (exact) mass is 556 g/mol. The Kier molecular flexibility index (Phi) is 10.1. The molecule has 0 saturated heterocycles. The first-order chi connectivity index (χ1) is 18.3. The smallest absolute Gasteiger partial charge is 0.192 e. The highest BCUT2D eigenvalue weighted by atomic mass is 28.4. The number of aliphatic hydroxyl groups is 2. The maximum Gasteiger partial charge on any atom is 0.192 e. The van der Waals surface area contributed by atoms with E-state index in [1.807, 2.05) is 43.3 Å². The van der Waals surface area contributed by atoms with Gasteiger partial charge in [0.2, 0.25) is 0 Å². The number of benzene rings is 3. The second kappa shape index (κ2) is 12.7. The van der Waals surface area contributed by atoms with Crippen molar-refractivity contribution in [1.82, 2.24) is 0 Å². The van der Waals surface area contributed by atoms with Gasteiger partial charge in [-0.3, -0.25) is 0 Å². The van der Waals surface area contributed by atoms with Crippen LogP contribution in [0.3, 0.4) is 0 Å². The zero-order chi connectivity index (χ0) is 29.0. The zero-order valence-electron chi connectivity index (χ0n) is 24.4. The van der Waals surface area contributed by atoms with Gasteiger partial charge in [-0.25, -0.2) is 0 Å². The van der Waals surface area contributed by atoms with Gasteiger partial charge in [0.05, 0.1) is 32.3 Å². The largest absolute Gasteiger partial charge is 0.507 e. The van der Waals surface area contributed by atoms with Crippen molar-refractivity contribution in [2.45, 2.75) is 83.3 Å². The van der Waals surface area contributed by atoms with E-state index in [4.69, 9.17) is 18.6 Å². The van der Waals surface area contributed by atoms with Crippen LogP contribution in [0.2, 0.25) is 18.1 Å². The fourth-order valence-corrected chi connectivity index (χ4v) is 5.99. The van der Waals surface area contributed by atoms with Gasteiger partial charge in [-0.15, -0.1) is 0 Å². The van der Waals surface area contributed by atoms with Crippen LogP contribution < -0.4 is 9.47 Å². The molecule has 0 aliphatic rings. The van der Waals surface area contributed by atoms with E-state index in [2.05, 4.69) is 33.9 Å². The third kappa shape index (κ3) is 7.12. The molecule has 0 aromatic heterocycles. The van der Waals surface area contributed by atoms with E-state index in [-0.39, 0.29) is 35.5 Å². The van der Waals surface area contributed by atoms with Crippen LogP contribution >= 0.6 is 0 Å². The Morgan fingerprint density at radius 1 is 0.897 bits per heavy atom. The van der Waals surface area contributed by atoms with Crippen molar-refractivity contribution >= 4 is 19.1 Å². The molecule has 214 valence electrons. The number of rotatable bonds is 12. The Morgan fingerprint density at radius 3 is 2.13 bits per heavy atom. The van der Waals surface area contributed by atoms with E-state index in [0.29, 0.717) is 22.3 Å². The van der Waals surface area contributed by atoms with Crippen LogP contribution in [-0.2, 0) is 15.8 Å². The zero-order valence-corrected chi connectivity index (χ0v) is 25.4. The summed E-state index contributed by atoms with van der Waals surface area (Å²) in [6.45, 7) is 13.0. The second-order valence-corrected chi connectivity index (χ2v) is 16.4. The first-order valence-electron chi connectivity index (χ1n) is 13.4. The summed E-state index contributed by atoms with van der Waals surface area (Å²) in [7, 11) is 0.965. The summed E-state index contributed by atoms with van der Waals surface area (Å²) in [6, 6.07) is 16.5. The minimum Gasteiger partial charge on any atom is -0.507 e. The highest BCUT2D eigenvalue weighted by Gasteiger charge is 2.40. The van der Waals surface area contributed by atoms with E-state index in [0.717, 1.165) is 5.56 Å². The summed E-state index contributed by atoms with van der Waals surface area (Å²) in [5.41, 5.74) is 1.08. The Hall–Kier alpha value is -2.62. The molecule has 0 fully saturated rings. The van der Waals surface area contributed by atoms with Crippen molar-refractivity contribution in [1.29, 1.82) is 0 Å². The molecule has 0 bridgehead atoms. The molecule has 39 heavy (non-hydrogen) atoms. The van der Waals surface area contributed by atoms with Crippen molar-refractivity contribution in [2.24, 2.45) is 0 Å². The summed E-state index contributed by atoms with van der Waals surface area (Å²) in [6.07, 6.45) is -3.53. The molecule has 3 aromatic rings. The number of ether oxygens (including phenoxy) is 3. The van der Waals surface area contributed by atoms with E-state index < -0.39 is 26.6 Å². The molecule has 4 atom stereocenters. The number of aliphatic hydroxyl groups excluding tert-OH is 2. The highest BCUT2D eigenvalue weighted by Crippen LogP contribution is 2.45. The molecular formula is C31H44O7Si. The van der Waals surface area contributed by atoms with Crippen LogP contribution in [0.5, 0.6) is 17.2 Å². The van der Waals surface area contributed by atoms with Gasteiger partial charge in [-0.05, 0) is 42.8 Å². The van der Waals surface area contributed by atoms with Crippen LogP contribution in [-0.4, -0.2) is 56.2 Å².